The third-order valence-corrected chi connectivity index (χ3v) is 4.69. The van der Waals surface area contributed by atoms with E-state index in [2.05, 4.69) is 29.2 Å². The van der Waals surface area contributed by atoms with E-state index in [4.69, 9.17) is 4.74 Å². The minimum atomic E-state index is 0.168. The summed E-state index contributed by atoms with van der Waals surface area (Å²) in [6.45, 7) is 1.53. The maximum absolute atomic E-state index is 10.8. The lowest BCUT2D eigenvalue weighted by atomic mass is 10.0. The van der Waals surface area contributed by atoms with Gasteiger partial charge in [-0.05, 0) is 29.8 Å². The summed E-state index contributed by atoms with van der Waals surface area (Å²) in [5.74, 6) is 0.871. The van der Waals surface area contributed by atoms with Gasteiger partial charge in [-0.2, -0.15) is 0 Å². The molecule has 0 aliphatic carbocycles. The number of amides is 1. The zero-order chi connectivity index (χ0) is 17.1. The highest BCUT2D eigenvalue weighted by atomic mass is 16.5. The fourth-order valence-electron chi connectivity index (χ4n) is 3.27. The topological polar surface area (TPSA) is 42.4 Å². The number of ether oxygens (including phenoxy) is 1. The van der Waals surface area contributed by atoms with E-state index in [0.717, 1.165) is 60.1 Å². The molecule has 0 spiro atoms. The first kappa shape index (κ1) is 15.6. The Hall–Kier alpha value is -2.88. The summed E-state index contributed by atoms with van der Waals surface area (Å²) >= 11 is 0. The van der Waals surface area contributed by atoms with Crippen LogP contribution in [0.2, 0.25) is 0 Å². The van der Waals surface area contributed by atoms with Crippen LogP contribution in [0, 0.1) is 0 Å². The summed E-state index contributed by atoms with van der Waals surface area (Å²) < 4.78 is 6.13. The number of aromatic nitrogens is 1. The standard InChI is InChI=1S/C21H20N2O2/c24-15-23-10-8-19(9-11-23)25-20-6-3-5-16(13-20)18-12-17-4-1-2-7-21(17)22-14-18/h1-7,12-15,19H,8-11H2. The molecule has 1 saturated heterocycles. The number of carbonyl (C=O) groups is 1. The molecule has 0 bridgehead atoms. The molecule has 1 amide bonds. The zero-order valence-corrected chi connectivity index (χ0v) is 14.0. The summed E-state index contributed by atoms with van der Waals surface area (Å²) in [7, 11) is 0. The van der Waals surface area contributed by atoms with Crippen LogP contribution in [-0.2, 0) is 4.79 Å². The van der Waals surface area contributed by atoms with E-state index in [1.807, 2.05) is 36.5 Å². The van der Waals surface area contributed by atoms with Gasteiger partial charge >= 0.3 is 0 Å². The Labute approximate surface area is 147 Å². The van der Waals surface area contributed by atoms with Gasteiger partial charge in [0.05, 0.1) is 5.52 Å². The zero-order valence-electron chi connectivity index (χ0n) is 14.0. The van der Waals surface area contributed by atoms with Crippen molar-refractivity contribution in [3.05, 3.63) is 60.8 Å². The summed E-state index contributed by atoms with van der Waals surface area (Å²) in [6.07, 6.45) is 4.75. The number of piperidine rings is 1. The minimum Gasteiger partial charge on any atom is -0.490 e. The fourth-order valence-corrected chi connectivity index (χ4v) is 3.27. The smallest absolute Gasteiger partial charge is 0.209 e. The molecule has 1 fully saturated rings. The first-order valence-corrected chi connectivity index (χ1v) is 8.63. The summed E-state index contributed by atoms with van der Waals surface area (Å²) in [6, 6.07) is 18.4. The van der Waals surface area contributed by atoms with Crippen molar-refractivity contribution in [2.24, 2.45) is 0 Å². The predicted molar refractivity (Wildman–Crippen MR) is 98.5 cm³/mol. The number of pyridine rings is 1. The average Bonchev–Trinajstić information content (AvgIpc) is 2.68. The highest BCUT2D eigenvalue weighted by molar-refractivity contribution is 5.83. The van der Waals surface area contributed by atoms with E-state index >= 15 is 0 Å². The normalized spacial score (nSPS) is 15.3. The van der Waals surface area contributed by atoms with Crippen LogP contribution in [0.5, 0.6) is 5.75 Å². The van der Waals surface area contributed by atoms with E-state index in [0.29, 0.717) is 0 Å². The quantitative estimate of drug-likeness (QED) is 0.681. The summed E-state index contributed by atoms with van der Waals surface area (Å²) in [5.41, 5.74) is 3.18. The van der Waals surface area contributed by atoms with E-state index in [1.54, 1.807) is 4.90 Å². The van der Waals surface area contributed by atoms with Gasteiger partial charge in [0.25, 0.3) is 0 Å². The van der Waals surface area contributed by atoms with E-state index < -0.39 is 0 Å². The van der Waals surface area contributed by atoms with Gasteiger partial charge in [-0.25, -0.2) is 0 Å². The number of carbonyl (C=O) groups excluding carboxylic acids is 1. The molecular weight excluding hydrogens is 312 g/mol. The van der Waals surface area contributed by atoms with Crippen molar-refractivity contribution in [2.75, 3.05) is 13.1 Å². The molecule has 4 nitrogen and oxygen atoms in total. The Morgan fingerprint density at radius 2 is 1.84 bits per heavy atom. The van der Waals surface area contributed by atoms with Gasteiger partial charge in [-0.15, -0.1) is 0 Å². The lowest BCUT2D eigenvalue weighted by Gasteiger charge is -2.29. The number of nitrogens with zero attached hydrogens (tertiary/aromatic N) is 2. The van der Waals surface area contributed by atoms with Gasteiger partial charge in [0.2, 0.25) is 6.41 Å². The van der Waals surface area contributed by atoms with Crippen molar-refractivity contribution in [3.63, 3.8) is 0 Å². The molecule has 25 heavy (non-hydrogen) atoms. The lowest BCUT2D eigenvalue weighted by Crippen LogP contribution is -2.37. The van der Waals surface area contributed by atoms with Crippen LogP contribution < -0.4 is 4.74 Å². The molecule has 0 unspecified atom stereocenters. The van der Waals surface area contributed by atoms with E-state index in [-0.39, 0.29) is 6.10 Å². The second-order valence-electron chi connectivity index (χ2n) is 6.40. The molecule has 4 heteroatoms. The second-order valence-corrected chi connectivity index (χ2v) is 6.40. The molecule has 0 N–H and O–H groups in total. The monoisotopic (exact) mass is 332 g/mol. The molecule has 1 aliphatic heterocycles. The molecule has 0 radical (unpaired) electrons. The molecule has 1 aromatic heterocycles. The van der Waals surface area contributed by atoms with Crippen molar-refractivity contribution in [1.29, 1.82) is 0 Å². The molecule has 3 aromatic rings. The molecule has 0 saturated carbocycles. The highest BCUT2D eigenvalue weighted by Crippen LogP contribution is 2.27. The maximum atomic E-state index is 10.8. The Morgan fingerprint density at radius 3 is 2.68 bits per heavy atom. The average molecular weight is 332 g/mol. The van der Waals surface area contributed by atoms with Crippen molar-refractivity contribution < 1.29 is 9.53 Å². The number of likely N-dealkylation sites (tertiary alicyclic amines) is 1. The number of fused-ring (bicyclic) bond motifs is 1. The first-order valence-electron chi connectivity index (χ1n) is 8.63. The highest BCUT2D eigenvalue weighted by Gasteiger charge is 2.19. The Kier molecular flexibility index (Phi) is 4.34. The lowest BCUT2D eigenvalue weighted by molar-refractivity contribution is -0.119. The molecule has 1 aliphatic rings. The van der Waals surface area contributed by atoms with Crippen LogP contribution in [0.1, 0.15) is 12.8 Å². The van der Waals surface area contributed by atoms with Gasteiger partial charge in [0.15, 0.2) is 0 Å². The third kappa shape index (κ3) is 3.48. The van der Waals surface area contributed by atoms with Crippen LogP contribution in [0.3, 0.4) is 0 Å². The summed E-state index contributed by atoms with van der Waals surface area (Å²) in [4.78, 5) is 17.1. The van der Waals surface area contributed by atoms with E-state index in [9.17, 15) is 4.79 Å². The van der Waals surface area contributed by atoms with Crippen LogP contribution >= 0.6 is 0 Å². The van der Waals surface area contributed by atoms with Crippen LogP contribution in [0.15, 0.2) is 60.8 Å². The van der Waals surface area contributed by atoms with Crippen LogP contribution in [-0.4, -0.2) is 35.5 Å². The minimum absolute atomic E-state index is 0.168. The van der Waals surface area contributed by atoms with Gasteiger partial charge in [0, 0.05) is 43.1 Å². The largest absolute Gasteiger partial charge is 0.490 e. The third-order valence-electron chi connectivity index (χ3n) is 4.69. The SMILES string of the molecule is O=CN1CCC(Oc2cccc(-c3cnc4ccccc4c3)c2)CC1. The van der Waals surface area contributed by atoms with Gasteiger partial charge in [-0.1, -0.05) is 30.3 Å². The van der Waals surface area contributed by atoms with Gasteiger partial charge in [-0.3, -0.25) is 9.78 Å². The first-order chi connectivity index (χ1) is 12.3. The Bertz CT molecular complexity index is 886. The predicted octanol–water partition coefficient (Wildman–Crippen LogP) is 3.90. The van der Waals surface area contributed by atoms with Crippen molar-refractivity contribution in [3.8, 4) is 16.9 Å². The summed E-state index contributed by atoms with van der Waals surface area (Å²) in [5, 5.41) is 1.13. The van der Waals surface area contributed by atoms with E-state index in [1.165, 1.54) is 0 Å². The Morgan fingerprint density at radius 1 is 1.00 bits per heavy atom. The Balaban J connectivity index is 1.53. The number of hydrogen-bond donors (Lipinski definition) is 0. The number of benzene rings is 2. The van der Waals surface area contributed by atoms with Gasteiger partial charge in [0.1, 0.15) is 11.9 Å². The molecule has 126 valence electrons. The maximum Gasteiger partial charge on any atom is 0.209 e. The van der Waals surface area contributed by atoms with Crippen molar-refractivity contribution in [1.82, 2.24) is 9.88 Å². The molecule has 2 aromatic carbocycles. The second kappa shape index (κ2) is 6.93. The number of rotatable bonds is 4. The molecule has 4 rings (SSSR count). The van der Waals surface area contributed by atoms with Crippen molar-refractivity contribution in [2.45, 2.75) is 18.9 Å². The van der Waals surface area contributed by atoms with Crippen molar-refractivity contribution >= 4 is 17.3 Å². The van der Waals surface area contributed by atoms with Crippen LogP contribution in [0.25, 0.3) is 22.0 Å². The molecular formula is C21H20N2O2. The number of para-hydroxylation sites is 1. The van der Waals surface area contributed by atoms with Crippen LogP contribution in [0.4, 0.5) is 0 Å². The molecule has 0 atom stereocenters. The fraction of sp³-hybridized carbons (Fsp3) is 0.238. The van der Waals surface area contributed by atoms with Gasteiger partial charge < -0.3 is 9.64 Å². The number of hydrogen-bond acceptors (Lipinski definition) is 3. The molecule has 2 heterocycles.